The Morgan fingerprint density at radius 2 is 2.12 bits per heavy atom. The molecule has 2 rings (SSSR count). The zero-order valence-electron chi connectivity index (χ0n) is 10.4. The summed E-state index contributed by atoms with van der Waals surface area (Å²) < 4.78 is 5.40. The predicted molar refractivity (Wildman–Crippen MR) is 71.8 cm³/mol. The summed E-state index contributed by atoms with van der Waals surface area (Å²) in [5, 5.41) is 0. The molecule has 17 heavy (non-hydrogen) atoms. The van der Waals surface area contributed by atoms with Gasteiger partial charge in [0.05, 0.1) is 7.11 Å². The molecule has 1 aliphatic carbocycles. The fourth-order valence-corrected chi connectivity index (χ4v) is 2.52. The summed E-state index contributed by atoms with van der Waals surface area (Å²) in [6.45, 7) is 1.91. The molecule has 0 spiro atoms. The zero-order valence-corrected chi connectivity index (χ0v) is 11.1. The average molecular weight is 254 g/mol. The molecular weight excluding hydrogens is 234 g/mol. The van der Waals surface area contributed by atoms with Gasteiger partial charge < -0.3 is 4.74 Å². The van der Waals surface area contributed by atoms with Crippen molar-refractivity contribution in [1.29, 1.82) is 0 Å². The van der Waals surface area contributed by atoms with Crippen LogP contribution in [0.15, 0.2) is 24.3 Å². The van der Waals surface area contributed by atoms with Crippen LogP contribution in [0, 0.1) is 0 Å². The minimum atomic E-state index is 0.700. The molecule has 1 aromatic rings. The molecule has 0 amide bonds. The Bertz CT molecular complexity index is 352. The number of hydrogen-bond acceptors (Lipinski definition) is 2. The first-order valence-corrected chi connectivity index (χ1v) is 6.80. The topological polar surface area (TPSA) is 12.5 Å². The predicted octanol–water partition coefficient (Wildman–Crippen LogP) is 3.29. The van der Waals surface area contributed by atoms with Gasteiger partial charge in [0.2, 0.25) is 0 Å². The van der Waals surface area contributed by atoms with Gasteiger partial charge in [-0.05, 0) is 18.9 Å². The van der Waals surface area contributed by atoms with Gasteiger partial charge in [0.1, 0.15) is 5.75 Å². The van der Waals surface area contributed by atoms with E-state index >= 15 is 0 Å². The van der Waals surface area contributed by atoms with Crippen molar-refractivity contribution >= 4 is 11.6 Å². The molecule has 0 aromatic heterocycles. The van der Waals surface area contributed by atoms with Crippen molar-refractivity contribution in [2.75, 3.05) is 19.5 Å². The molecule has 94 valence electrons. The van der Waals surface area contributed by atoms with Crippen molar-refractivity contribution in [3.05, 3.63) is 29.8 Å². The highest BCUT2D eigenvalue weighted by molar-refractivity contribution is 6.18. The van der Waals surface area contributed by atoms with Crippen LogP contribution in [0.1, 0.15) is 24.8 Å². The summed E-state index contributed by atoms with van der Waals surface area (Å²) >= 11 is 5.89. The molecule has 1 saturated carbocycles. The van der Waals surface area contributed by atoms with E-state index in [0.29, 0.717) is 5.88 Å². The van der Waals surface area contributed by atoms with E-state index in [2.05, 4.69) is 17.0 Å². The Kier molecular flexibility index (Phi) is 4.69. The third-order valence-electron chi connectivity index (χ3n) is 3.53. The van der Waals surface area contributed by atoms with Crippen LogP contribution in [-0.2, 0) is 6.54 Å². The van der Waals surface area contributed by atoms with E-state index in [0.717, 1.165) is 24.9 Å². The summed E-state index contributed by atoms with van der Waals surface area (Å²) in [6, 6.07) is 8.96. The quantitative estimate of drug-likeness (QED) is 0.722. The molecule has 0 radical (unpaired) electrons. The van der Waals surface area contributed by atoms with E-state index in [-0.39, 0.29) is 0 Å². The molecule has 0 unspecified atom stereocenters. The van der Waals surface area contributed by atoms with Crippen molar-refractivity contribution in [3.8, 4) is 5.75 Å². The standard InChI is InChI=1S/C14H20ClNO/c1-17-14-8-3-2-5-12(14)11-16(10-9-15)13-6-4-7-13/h2-3,5,8,13H,4,6-7,9-11H2,1H3. The number of ether oxygens (including phenoxy) is 1. The maximum absolute atomic E-state index is 5.89. The van der Waals surface area contributed by atoms with Crippen LogP contribution in [-0.4, -0.2) is 30.5 Å². The first-order chi connectivity index (χ1) is 8.35. The average Bonchev–Trinajstić information content (AvgIpc) is 2.28. The van der Waals surface area contributed by atoms with Gasteiger partial charge in [-0.25, -0.2) is 0 Å². The number of nitrogens with zero attached hydrogens (tertiary/aromatic N) is 1. The summed E-state index contributed by atoms with van der Waals surface area (Å²) in [5.41, 5.74) is 1.26. The highest BCUT2D eigenvalue weighted by Gasteiger charge is 2.24. The van der Waals surface area contributed by atoms with Crippen molar-refractivity contribution in [1.82, 2.24) is 4.90 Å². The van der Waals surface area contributed by atoms with Gasteiger partial charge in [0, 0.05) is 30.6 Å². The lowest BCUT2D eigenvalue weighted by atomic mass is 9.91. The number of rotatable bonds is 6. The first kappa shape index (κ1) is 12.7. The van der Waals surface area contributed by atoms with Gasteiger partial charge in [-0.15, -0.1) is 11.6 Å². The second-order valence-corrected chi connectivity index (χ2v) is 4.93. The Morgan fingerprint density at radius 3 is 2.71 bits per heavy atom. The van der Waals surface area contributed by atoms with Gasteiger partial charge in [-0.3, -0.25) is 4.90 Å². The van der Waals surface area contributed by atoms with Crippen LogP contribution in [0.3, 0.4) is 0 Å². The lowest BCUT2D eigenvalue weighted by molar-refractivity contribution is 0.126. The minimum Gasteiger partial charge on any atom is -0.496 e. The van der Waals surface area contributed by atoms with Crippen LogP contribution < -0.4 is 4.74 Å². The summed E-state index contributed by atoms with van der Waals surface area (Å²) in [6.07, 6.45) is 3.98. The largest absolute Gasteiger partial charge is 0.496 e. The fourth-order valence-electron chi connectivity index (χ4n) is 2.30. The van der Waals surface area contributed by atoms with Crippen molar-refractivity contribution in [3.63, 3.8) is 0 Å². The molecular formula is C14H20ClNO. The third kappa shape index (κ3) is 3.14. The normalized spacial score (nSPS) is 15.9. The van der Waals surface area contributed by atoms with E-state index < -0.39 is 0 Å². The Hall–Kier alpha value is -0.730. The SMILES string of the molecule is COc1ccccc1CN(CCCl)C1CCC1. The van der Waals surface area contributed by atoms with Gasteiger partial charge in [-0.1, -0.05) is 24.6 Å². The lowest BCUT2D eigenvalue weighted by Gasteiger charge is -2.37. The Balaban J connectivity index is 2.05. The molecule has 0 N–H and O–H groups in total. The van der Waals surface area contributed by atoms with E-state index in [1.165, 1.54) is 24.8 Å². The number of para-hydroxylation sites is 1. The second kappa shape index (κ2) is 6.27. The van der Waals surface area contributed by atoms with Crippen LogP contribution >= 0.6 is 11.6 Å². The van der Waals surface area contributed by atoms with E-state index in [9.17, 15) is 0 Å². The van der Waals surface area contributed by atoms with Crippen LogP contribution in [0.5, 0.6) is 5.75 Å². The zero-order chi connectivity index (χ0) is 12.1. The molecule has 0 bridgehead atoms. The molecule has 0 atom stereocenters. The minimum absolute atomic E-state index is 0.700. The smallest absolute Gasteiger partial charge is 0.123 e. The summed E-state index contributed by atoms with van der Waals surface area (Å²) in [4.78, 5) is 2.48. The number of benzene rings is 1. The second-order valence-electron chi connectivity index (χ2n) is 4.56. The fraction of sp³-hybridized carbons (Fsp3) is 0.571. The molecule has 0 saturated heterocycles. The highest BCUT2D eigenvalue weighted by Crippen LogP contribution is 2.28. The maximum atomic E-state index is 5.89. The van der Waals surface area contributed by atoms with E-state index in [1.807, 2.05) is 12.1 Å². The van der Waals surface area contributed by atoms with Crippen LogP contribution in [0.25, 0.3) is 0 Å². The number of hydrogen-bond donors (Lipinski definition) is 0. The van der Waals surface area contributed by atoms with E-state index in [1.54, 1.807) is 7.11 Å². The van der Waals surface area contributed by atoms with Crippen molar-refractivity contribution < 1.29 is 4.74 Å². The first-order valence-electron chi connectivity index (χ1n) is 6.27. The lowest BCUT2D eigenvalue weighted by Crippen LogP contribution is -2.40. The van der Waals surface area contributed by atoms with Crippen LogP contribution in [0.2, 0.25) is 0 Å². The summed E-state index contributed by atoms with van der Waals surface area (Å²) in [7, 11) is 1.73. The Labute approximate surface area is 109 Å². The molecule has 3 heteroatoms. The van der Waals surface area contributed by atoms with Gasteiger partial charge in [0.25, 0.3) is 0 Å². The monoisotopic (exact) mass is 253 g/mol. The molecule has 2 nitrogen and oxygen atoms in total. The highest BCUT2D eigenvalue weighted by atomic mass is 35.5. The van der Waals surface area contributed by atoms with Crippen molar-refractivity contribution in [2.24, 2.45) is 0 Å². The molecule has 0 heterocycles. The molecule has 0 aliphatic heterocycles. The molecule has 1 aromatic carbocycles. The number of methoxy groups -OCH3 is 1. The van der Waals surface area contributed by atoms with E-state index in [4.69, 9.17) is 16.3 Å². The van der Waals surface area contributed by atoms with Gasteiger partial charge in [-0.2, -0.15) is 0 Å². The molecule has 1 aliphatic rings. The Morgan fingerprint density at radius 1 is 1.35 bits per heavy atom. The maximum Gasteiger partial charge on any atom is 0.123 e. The number of alkyl halides is 1. The van der Waals surface area contributed by atoms with Gasteiger partial charge in [0.15, 0.2) is 0 Å². The van der Waals surface area contributed by atoms with Crippen LogP contribution in [0.4, 0.5) is 0 Å². The molecule has 1 fully saturated rings. The van der Waals surface area contributed by atoms with Gasteiger partial charge >= 0.3 is 0 Å². The van der Waals surface area contributed by atoms with Crippen molar-refractivity contribution in [2.45, 2.75) is 31.8 Å². The third-order valence-corrected chi connectivity index (χ3v) is 3.70. The number of halogens is 1. The summed E-state index contributed by atoms with van der Waals surface area (Å²) in [5.74, 6) is 1.68.